The van der Waals surface area contributed by atoms with Gasteiger partial charge in [-0.25, -0.2) is 0 Å². The molecule has 8 rings (SSSR count). The van der Waals surface area contributed by atoms with Gasteiger partial charge in [0.15, 0.2) is 0 Å². The van der Waals surface area contributed by atoms with Crippen LogP contribution in [-0.4, -0.2) is 40.6 Å². The fourth-order valence-corrected chi connectivity index (χ4v) is 10.8. The van der Waals surface area contributed by atoms with Gasteiger partial charge in [-0.3, -0.25) is 14.5 Å². The lowest BCUT2D eigenvalue weighted by Gasteiger charge is -2.60. The molecule has 6 aliphatic rings. The zero-order valence-electron chi connectivity index (χ0n) is 21.1. The van der Waals surface area contributed by atoms with Gasteiger partial charge < -0.3 is 4.74 Å². The zero-order valence-corrected chi connectivity index (χ0v) is 21.9. The van der Waals surface area contributed by atoms with Crippen LogP contribution in [0.2, 0.25) is 0 Å². The fourth-order valence-electron chi connectivity index (χ4n) is 9.31. The lowest BCUT2D eigenvalue weighted by atomic mass is 9.47. The number of methoxy groups -OCH3 is 1. The first-order chi connectivity index (χ1) is 16.6. The van der Waals surface area contributed by atoms with E-state index < -0.39 is 10.8 Å². The Bertz CT molecular complexity index is 1250. The largest absolute Gasteiger partial charge is 0.380 e. The molecule has 0 N–H and O–H groups in total. The van der Waals surface area contributed by atoms with Crippen LogP contribution in [0.4, 0.5) is 4.79 Å². The zero-order chi connectivity index (χ0) is 24.5. The van der Waals surface area contributed by atoms with E-state index in [9.17, 15) is 9.59 Å². The van der Waals surface area contributed by atoms with E-state index in [1.807, 2.05) is 0 Å². The topological polar surface area (TPSA) is 46.6 Å². The Balaban J connectivity index is 1.46. The predicted molar refractivity (Wildman–Crippen MR) is 138 cm³/mol. The van der Waals surface area contributed by atoms with Crippen LogP contribution in [0.5, 0.6) is 0 Å². The maximum Gasteiger partial charge on any atom is 0.289 e. The minimum Gasteiger partial charge on any atom is -0.380 e. The number of amides is 2. The number of nitrogens with zero attached hydrogens (tertiary/aromatic N) is 1. The molecular formula is C30H33NO3S. The second-order valence-corrected chi connectivity index (χ2v) is 13.4. The van der Waals surface area contributed by atoms with E-state index in [-0.39, 0.29) is 39.4 Å². The standard InChI is InChI=1S/C30H33NO3S/c1-27(2)17-14-15-30(27,22(16-17)34-5)25(32)31-23-24(35-26(31)33)29(4)20-12-8-6-10-18(20)28(23,3)19-11-7-9-13-21(19)29/h6-13,17,22-24H,14-16H2,1-5H3/t17-,22-,23+,24-,28?,29?,30-/m1/s1. The molecule has 5 aliphatic carbocycles. The molecular weight excluding hydrogens is 454 g/mol. The highest BCUT2D eigenvalue weighted by molar-refractivity contribution is 8.14. The molecule has 35 heavy (non-hydrogen) atoms. The van der Waals surface area contributed by atoms with Gasteiger partial charge in [-0.2, -0.15) is 0 Å². The average Bonchev–Trinajstić information content (AvgIpc) is 3.43. The third kappa shape index (κ3) is 2.16. The number of imide groups is 1. The number of thioether (sulfide) groups is 1. The van der Waals surface area contributed by atoms with Crippen molar-refractivity contribution in [2.45, 2.75) is 75.2 Å². The van der Waals surface area contributed by atoms with E-state index in [4.69, 9.17) is 4.74 Å². The van der Waals surface area contributed by atoms with Crippen molar-refractivity contribution in [1.82, 2.24) is 4.90 Å². The molecule has 1 heterocycles. The van der Waals surface area contributed by atoms with Crippen LogP contribution in [0.1, 0.15) is 69.2 Å². The summed E-state index contributed by atoms with van der Waals surface area (Å²) in [6.07, 6.45) is 2.60. The van der Waals surface area contributed by atoms with E-state index in [2.05, 4.69) is 76.2 Å². The SMILES string of the molecule is CO[C@@H]1C[C@H]2CC[C@@]1(C(=O)N1C(=O)S[C@@H]3[C@H]1C1(C)c4ccccc4C3(C)c3ccccc31)C2(C)C. The molecule has 0 spiro atoms. The van der Waals surface area contributed by atoms with Gasteiger partial charge in [-0.15, -0.1) is 0 Å². The number of carbonyl (C=O) groups excluding carboxylic acids is 2. The minimum atomic E-state index is -0.648. The second kappa shape index (κ2) is 6.60. The summed E-state index contributed by atoms with van der Waals surface area (Å²) in [7, 11) is 1.73. The molecule has 182 valence electrons. The molecule has 0 unspecified atom stereocenters. The van der Waals surface area contributed by atoms with Crippen LogP contribution >= 0.6 is 11.8 Å². The Morgan fingerprint density at radius 3 is 2.00 bits per heavy atom. The maximum atomic E-state index is 14.8. The molecule has 5 heteroatoms. The summed E-state index contributed by atoms with van der Waals surface area (Å²) < 4.78 is 5.99. The monoisotopic (exact) mass is 487 g/mol. The first kappa shape index (κ1) is 22.1. The van der Waals surface area contributed by atoms with E-state index in [0.29, 0.717) is 5.92 Å². The van der Waals surface area contributed by atoms with Crippen molar-refractivity contribution < 1.29 is 14.3 Å². The van der Waals surface area contributed by atoms with Crippen LogP contribution in [0.25, 0.3) is 0 Å². The summed E-state index contributed by atoms with van der Waals surface area (Å²) in [6, 6.07) is 17.1. The number of benzene rings is 2. The van der Waals surface area contributed by atoms with Crippen LogP contribution in [-0.2, 0) is 20.4 Å². The molecule has 5 atom stereocenters. The smallest absolute Gasteiger partial charge is 0.289 e. The number of ether oxygens (including phenoxy) is 1. The number of fused-ring (bicyclic) bond motifs is 2. The van der Waals surface area contributed by atoms with Crippen LogP contribution < -0.4 is 0 Å². The van der Waals surface area contributed by atoms with E-state index in [1.54, 1.807) is 12.0 Å². The molecule has 2 aromatic carbocycles. The molecule has 4 bridgehead atoms. The molecule has 1 saturated heterocycles. The number of rotatable bonds is 2. The van der Waals surface area contributed by atoms with E-state index in [1.165, 1.54) is 34.0 Å². The molecule has 0 aromatic heterocycles. The summed E-state index contributed by atoms with van der Waals surface area (Å²) in [5, 5.41) is -0.105. The summed E-state index contributed by atoms with van der Waals surface area (Å²) in [4.78, 5) is 30.5. The van der Waals surface area contributed by atoms with Crippen LogP contribution in [0.3, 0.4) is 0 Å². The Hall–Kier alpha value is -2.11. The van der Waals surface area contributed by atoms with Crippen LogP contribution in [0.15, 0.2) is 48.5 Å². The lowest BCUT2D eigenvalue weighted by Crippen LogP contribution is -2.68. The highest BCUT2D eigenvalue weighted by Gasteiger charge is 2.74. The normalized spacial score (nSPS) is 41.6. The van der Waals surface area contributed by atoms with Gasteiger partial charge in [0, 0.05) is 23.2 Å². The molecule has 4 nitrogen and oxygen atoms in total. The van der Waals surface area contributed by atoms with Crippen molar-refractivity contribution in [3.63, 3.8) is 0 Å². The van der Waals surface area contributed by atoms with Crippen molar-refractivity contribution >= 4 is 22.9 Å². The Kier molecular flexibility index (Phi) is 4.17. The summed E-state index contributed by atoms with van der Waals surface area (Å²) in [6.45, 7) is 9.01. The first-order valence-corrected chi connectivity index (χ1v) is 13.8. The summed E-state index contributed by atoms with van der Waals surface area (Å²) in [5.74, 6) is 0.460. The highest BCUT2D eigenvalue weighted by Crippen LogP contribution is 2.70. The van der Waals surface area contributed by atoms with Gasteiger partial charge in [0.05, 0.1) is 17.6 Å². The number of hydrogen-bond acceptors (Lipinski definition) is 4. The molecule has 3 fully saturated rings. The van der Waals surface area contributed by atoms with E-state index >= 15 is 0 Å². The van der Waals surface area contributed by atoms with Crippen molar-refractivity contribution in [3.8, 4) is 0 Å². The third-order valence-corrected chi connectivity index (χ3v) is 12.6. The van der Waals surface area contributed by atoms with Gasteiger partial charge in [0.2, 0.25) is 5.91 Å². The summed E-state index contributed by atoms with van der Waals surface area (Å²) >= 11 is 1.39. The van der Waals surface area contributed by atoms with E-state index in [0.717, 1.165) is 19.3 Å². The number of hydrogen-bond donors (Lipinski definition) is 0. The Labute approximate surface area is 211 Å². The fraction of sp³-hybridized carbons (Fsp3) is 0.533. The van der Waals surface area contributed by atoms with Gasteiger partial charge in [-0.1, -0.05) is 81.1 Å². The van der Waals surface area contributed by atoms with Crippen molar-refractivity contribution in [1.29, 1.82) is 0 Å². The molecule has 1 aliphatic heterocycles. The summed E-state index contributed by atoms with van der Waals surface area (Å²) in [5.41, 5.74) is 3.47. The molecule has 0 radical (unpaired) electrons. The molecule has 2 amide bonds. The predicted octanol–water partition coefficient (Wildman–Crippen LogP) is 5.90. The molecule has 2 saturated carbocycles. The van der Waals surface area contributed by atoms with Crippen molar-refractivity contribution in [2.75, 3.05) is 7.11 Å². The maximum absolute atomic E-state index is 14.8. The van der Waals surface area contributed by atoms with Gasteiger partial charge in [-0.05, 0) is 59.8 Å². The second-order valence-electron chi connectivity index (χ2n) is 12.3. The quantitative estimate of drug-likeness (QED) is 0.529. The first-order valence-electron chi connectivity index (χ1n) is 12.9. The van der Waals surface area contributed by atoms with Crippen molar-refractivity contribution in [3.05, 3.63) is 70.8 Å². The van der Waals surface area contributed by atoms with Crippen molar-refractivity contribution in [2.24, 2.45) is 16.7 Å². The van der Waals surface area contributed by atoms with Gasteiger partial charge >= 0.3 is 0 Å². The van der Waals surface area contributed by atoms with Gasteiger partial charge in [0.1, 0.15) is 0 Å². The third-order valence-electron chi connectivity index (χ3n) is 11.2. The van der Waals surface area contributed by atoms with Gasteiger partial charge in [0.25, 0.3) is 5.24 Å². The minimum absolute atomic E-state index is 0.00619. The molecule has 2 aromatic rings. The Morgan fingerprint density at radius 1 is 0.943 bits per heavy atom. The average molecular weight is 488 g/mol. The lowest BCUT2D eigenvalue weighted by molar-refractivity contribution is -0.155. The Morgan fingerprint density at radius 2 is 1.49 bits per heavy atom. The number of carbonyl (C=O) groups is 2. The van der Waals surface area contributed by atoms with Crippen LogP contribution in [0, 0.1) is 16.7 Å². The highest BCUT2D eigenvalue weighted by atomic mass is 32.2.